The molecule has 0 aromatic rings. The van der Waals surface area contributed by atoms with E-state index < -0.39 is 0 Å². The maximum atomic E-state index is 0. The first kappa shape index (κ1) is 71.3. The van der Waals surface area contributed by atoms with Gasteiger partial charge in [-0.2, -0.15) is 0 Å². The Morgan fingerprint density at radius 2 is 0.400 bits per heavy atom. The molecule has 0 aliphatic carbocycles. The molecular formula is H4Cl4Ru. The van der Waals surface area contributed by atoms with Crippen molar-refractivity contribution in [2.75, 3.05) is 0 Å². The second-order valence-corrected chi connectivity index (χ2v) is 0. The minimum atomic E-state index is 0. The van der Waals surface area contributed by atoms with Crippen LogP contribution >= 0.6 is 49.6 Å². The van der Waals surface area contributed by atoms with E-state index in [1.807, 2.05) is 0 Å². The summed E-state index contributed by atoms with van der Waals surface area (Å²) in [6.45, 7) is 0. The Labute approximate surface area is 68.9 Å². The normalized spacial score (nSPS) is 0. The van der Waals surface area contributed by atoms with Gasteiger partial charge in [0.1, 0.15) is 0 Å². The molecule has 0 aliphatic rings. The topological polar surface area (TPSA) is 0 Å². The summed E-state index contributed by atoms with van der Waals surface area (Å²) in [6.07, 6.45) is 0. The molecule has 0 aromatic heterocycles. The molecule has 0 saturated heterocycles. The summed E-state index contributed by atoms with van der Waals surface area (Å²) in [5.74, 6) is 0. The van der Waals surface area contributed by atoms with Crippen molar-refractivity contribution in [1.29, 1.82) is 0 Å². The van der Waals surface area contributed by atoms with Gasteiger partial charge in [0.15, 0.2) is 0 Å². The standard InChI is InChI=1S/4ClH.Ru/h4*1H;. The van der Waals surface area contributed by atoms with E-state index in [2.05, 4.69) is 0 Å². The fourth-order valence-corrected chi connectivity index (χ4v) is 0. The second kappa shape index (κ2) is 41.6. The molecule has 0 saturated carbocycles. The van der Waals surface area contributed by atoms with Gasteiger partial charge in [0, 0.05) is 19.5 Å². The van der Waals surface area contributed by atoms with Crippen LogP contribution in [0, 0.1) is 0 Å². The Morgan fingerprint density at radius 3 is 0.400 bits per heavy atom. The van der Waals surface area contributed by atoms with Crippen LogP contribution in [0.5, 0.6) is 0 Å². The average molecular weight is 247 g/mol. The van der Waals surface area contributed by atoms with Crippen LogP contribution in [0.2, 0.25) is 0 Å². The average Bonchev–Trinajstić information content (AvgIpc) is 0. The van der Waals surface area contributed by atoms with Crippen LogP contribution in [0.3, 0.4) is 0 Å². The Morgan fingerprint density at radius 1 is 0.400 bits per heavy atom. The summed E-state index contributed by atoms with van der Waals surface area (Å²) in [7, 11) is 0. The van der Waals surface area contributed by atoms with Gasteiger partial charge in [-0.1, -0.05) is 0 Å². The quantitative estimate of drug-likeness (QED) is 0.571. The first-order chi connectivity index (χ1) is 0. The maximum absolute atomic E-state index is 0. The SMILES string of the molecule is Cl.Cl.Cl.Cl.[Ru]. The summed E-state index contributed by atoms with van der Waals surface area (Å²) < 4.78 is 0. The Balaban J connectivity index is 0. The molecule has 0 fully saturated rings. The largest absolute Gasteiger partial charge is 0.147 e. The van der Waals surface area contributed by atoms with Crippen LogP contribution in [-0.4, -0.2) is 0 Å². The van der Waals surface area contributed by atoms with Crippen molar-refractivity contribution in [2.45, 2.75) is 0 Å². The smallest absolute Gasteiger partial charge is 0 e. The van der Waals surface area contributed by atoms with Gasteiger partial charge < -0.3 is 0 Å². The van der Waals surface area contributed by atoms with E-state index >= 15 is 0 Å². The Kier molecular flexibility index (Phi) is 594. The first-order valence-corrected chi connectivity index (χ1v) is 0. The first-order valence-electron chi connectivity index (χ1n) is 0. The minimum Gasteiger partial charge on any atom is -0.147 e. The van der Waals surface area contributed by atoms with Crippen molar-refractivity contribution < 1.29 is 19.5 Å². The molecule has 0 unspecified atom stereocenters. The van der Waals surface area contributed by atoms with E-state index in [-0.39, 0.29) is 69.1 Å². The molecule has 0 N–H and O–H groups in total. The van der Waals surface area contributed by atoms with Gasteiger partial charge in [0.25, 0.3) is 0 Å². The molecular weight excluding hydrogens is 243 g/mol. The third-order valence-corrected chi connectivity index (χ3v) is 0. The van der Waals surface area contributed by atoms with E-state index in [0.717, 1.165) is 0 Å². The molecule has 0 aromatic carbocycles. The van der Waals surface area contributed by atoms with Crippen molar-refractivity contribution in [1.82, 2.24) is 0 Å². The van der Waals surface area contributed by atoms with E-state index in [1.54, 1.807) is 0 Å². The summed E-state index contributed by atoms with van der Waals surface area (Å²) >= 11 is 0. The molecule has 5 heavy (non-hydrogen) atoms. The van der Waals surface area contributed by atoms with Gasteiger partial charge in [-0.3, -0.25) is 0 Å². The summed E-state index contributed by atoms with van der Waals surface area (Å²) in [5, 5.41) is 0. The zero-order valence-electron chi connectivity index (χ0n) is 1.99. The van der Waals surface area contributed by atoms with Crippen molar-refractivity contribution >= 4 is 49.6 Å². The van der Waals surface area contributed by atoms with Crippen LogP contribution in [-0.2, 0) is 19.5 Å². The molecule has 40 valence electrons. The third kappa shape index (κ3) is 26.0. The fourth-order valence-electron chi connectivity index (χ4n) is 0. The van der Waals surface area contributed by atoms with Crippen LogP contribution in [0.15, 0.2) is 0 Å². The van der Waals surface area contributed by atoms with Gasteiger partial charge in [-0.15, -0.1) is 49.6 Å². The number of hydrogen-bond donors (Lipinski definition) is 0. The van der Waals surface area contributed by atoms with Crippen molar-refractivity contribution in [3.8, 4) is 0 Å². The van der Waals surface area contributed by atoms with E-state index in [1.165, 1.54) is 0 Å². The van der Waals surface area contributed by atoms with Gasteiger partial charge in [0.05, 0.1) is 0 Å². The van der Waals surface area contributed by atoms with Crippen molar-refractivity contribution in [3.63, 3.8) is 0 Å². The predicted octanol–water partition coefficient (Wildman–Crippen LogP) is 1.68. The van der Waals surface area contributed by atoms with Gasteiger partial charge in [-0.25, -0.2) is 0 Å². The molecule has 0 atom stereocenters. The fraction of sp³-hybridized carbons (Fsp3) is 0. The predicted molar refractivity (Wildman–Crippen MR) is 29.0 cm³/mol. The minimum absolute atomic E-state index is 0. The molecule has 0 spiro atoms. The molecule has 5 heteroatoms. The molecule has 0 bridgehead atoms. The van der Waals surface area contributed by atoms with Crippen LogP contribution in [0.4, 0.5) is 0 Å². The second-order valence-electron chi connectivity index (χ2n) is 0. The summed E-state index contributed by atoms with van der Waals surface area (Å²) in [4.78, 5) is 0. The number of halogens is 4. The van der Waals surface area contributed by atoms with Crippen LogP contribution in [0.25, 0.3) is 0 Å². The maximum Gasteiger partial charge on any atom is 0 e. The Bertz CT molecular complexity index is 3.61. The number of rotatable bonds is 0. The number of hydrogen-bond acceptors (Lipinski definition) is 0. The molecule has 0 radical (unpaired) electrons. The van der Waals surface area contributed by atoms with E-state index in [4.69, 9.17) is 0 Å². The summed E-state index contributed by atoms with van der Waals surface area (Å²) in [5.41, 5.74) is 0. The molecule has 0 aliphatic heterocycles. The van der Waals surface area contributed by atoms with Crippen LogP contribution in [0.1, 0.15) is 0 Å². The molecule has 0 amide bonds. The zero-order chi connectivity index (χ0) is 0. The third-order valence-electron chi connectivity index (χ3n) is 0. The van der Waals surface area contributed by atoms with Gasteiger partial charge >= 0.3 is 0 Å². The van der Waals surface area contributed by atoms with Crippen LogP contribution < -0.4 is 0 Å². The van der Waals surface area contributed by atoms with E-state index in [0.29, 0.717) is 0 Å². The molecule has 0 rings (SSSR count). The van der Waals surface area contributed by atoms with Crippen molar-refractivity contribution in [2.24, 2.45) is 0 Å². The molecule has 0 nitrogen and oxygen atoms in total. The zero-order valence-corrected chi connectivity index (χ0v) is 6.99. The van der Waals surface area contributed by atoms with Gasteiger partial charge in [-0.05, 0) is 0 Å². The molecule has 0 heterocycles. The monoisotopic (exact) mass is 246 g/mol. The van der Waals surface area contributed by atoms with Crippen molar-refractivity contribution in [3.05, 3.63) is 0 Å². The Hall–Kier alpha value is 1.78. The summed E-state index contributed by atoms with van der Waals surface area (Å²) in [6, 6.07) is 0. The van der Waals surface area contributed by atoms with E-state index in [9.17, 15) is 0 Å². The van der Waals surface area contributed by atoms with Gasteiger partial charge in [0.2, 0.25) is 0 Å².